The third-order valence-electron chi connectivity index (χ3n) is 3.47. The van der Waals surface area contributed by atoms with Gasteiger partial charge in [-0.25, -0.2) is 4.99 Å². The van der Waals surface area contributed by atoms with Crippen LogP contribution in [-0.2, 0) is 0 Å². The van der Waals surface area contributed by atoms with Crippen molar-refractivity contribution in [2.24, 2.45) is 4.99 Å². The maximum absolute atomic E-state index is 12.2. The lowest BCUT2D eigenvalue weighted by Gasteiger charge is -2.45. The van der Waals surface area contributed by atoms with Gasteiger partial charge in [0.25, 0.3) is 5.96 Å². The molecule has 1 fully saturated rings. The van der Waals surface area contributed by atoms with Crippen molar-refractivity contribution < 1.29 is 8.87 Å². The summed E-state index contributed by atoms with van der Waals surface area (Å²) in [7, 11) is 2.26. The summed E-state index contributed by atoms with van der Waals surface area (Å²) >= 11 is 0. The molecule has 0 radical (unpaired) electrons. The average Bonchev–Trinajstić information content (AvgIpc) is 2.25. The number of hydrogen-bond acceptors (Lipinski definition) is 2. The summed E-state index contributed by atoms with van der Waals surface area (Å²) in [5, 5.41) is 0. The fourth-order valence-electron chi connectivity index (χ4n) is 2.70. The smallest absolute Gasteiger partial charge is 0.300 e. The van der Waals surface area contributed by atoms with Crippen LogP contribution >= 0.6 is 0 Å². The van der Waals surface area contributed by atoms with Gasteiger partial charge in [-0.15, -0.1) is 0 Å². The number of aliphatic imine (C=N–C) groups is 1. The number of halogens is 1. The van der Waals surface area contributed by atoms with E-state index in [4.69, 9.17) is 0 Å². The SMILES string of the molecule is C[N+]12CCCN=C1N(CCCF)CCC2. The fourth-order valence-corrected chi connectivity index (χ4v) is 2.70. The van der Waals surface area contributed by atoms with Crippen LogP contribution in [0.25, 0.3) is 0 Å². The Morgan fingerprint density at radius 1 is 1.40 bits per heavy atom. The summed E-state index contributed by atoms with van der Waals surface area (Å²) in [6, 6.07) is 0. The van der Waals surface area contributed by atoms with Crippen LogP contribution in [0.3, 0.4) is 0 Å². The van der Waals surface area contributed by atoms with Crippen LogP contribution in [0.2, 0.25) is 0 Å². The normalized spacial score (nSPS) is 31.1. The van der Waals surface area contributed by atoms with E-state index >= 15 is 0 Å². The molecule has 1 unspecified atom stereocenters. The Balaban J connectivity index is 2.08. The van der Waals surface area contributed by atoms with E-state index in [0.717, 1.165) is 24.1 Å². The van der Waals surface area contributed by atoms with Crippen LogP contribution in [0.5, 0.6) is 0 Å². The van der Waals surface area contributed by atoms with E-state index < -0.39 is 0 Å². The lowest BCUT2D eigenvalue weighted by Crippen LogP contribution is -2.63. The van der Waals surface area contributed by atoms with E-state index in [-0.39, 0.29) is 6.67 Å². The summed E-state index contributed by atoms with van der Waals surface area (Å²) in [6.45, 7) is 5.04. The third-order valence-corrected chi connectivity index (χ3v) is 3.47. The molecule has 0 aromatic rings. The minimum Gasteiger partial charge on any atom is -0.311 e. The van der Waals surface area contributed by atoms with Crippen molar-refractivity contribution in [3.63, 3.8) is 0 Å². The van der Waals surface area contributed by atoms with Gasteiger partial charge in [0.1, 0.15) is 0 Å². The van der Waals surface area contributed by atoms with Gasteiger partial charge >= 0.3 is 0 Å². The quantitative estimate of drug-likeness (QED) is 0.646. The zero-order valence-corrected chi connectivity index (χ0v) is 9.58. The van der Waals surface area contributed by atoms with E-state index in [9.17, 15) is 4.39 Å². The van der Waals surface area contributed by atoms with Crippen LogP contribution < -0.4 is 0 Å². The highest BCUT2D eigenvalue weighted by atomic mass is 19.1. The van der Waals surface area contributed by atoms with Gasteiger partial charge in [-0.1, -0.05) is 0 Å². The van der Waals surface area contributed by atoms with E-state index in [1.165, 1.54) is 31.9 Å². The second kappa shape index (κ2) is 4.47. The Labute approximate surface area is 91.2 Å². The van der Waals surface area contributed by atoms with E-state index in [2.05, 4.69) is 16.9 Å². The number of nitrogens with zero attached hydrogens (tertiary/aromatic N) is 3. The van der Waals surface area contributed by atoms with Gasteiger partial charge in [-0.3, -0.25) is 8.87 Å². The summed E-state index contributed by atoms with van der Waals surface area (Å²) in [6.07, 6.45) is 3.04. The molecule has 86 valence electrons. The molecule has 0 bridgehead atoms. The summed E-state index contributed by atoms with van der Waals surface area (Å²) < 4.78 is 13.2. The second-order valence-corrected chi connectivity index (χ2v) is 4.76. The van der Waals surface area contributed by atoms with Crippen LogP contribution in [0.1, 0.15) is 19.3 Å². The Morgan fingerprint density at radius 2 is 2.20 bits per heavy atom. The summed E-state index contributed by atoms with van der Waals surface area (Å²) in [5.41, 5.74) is 0. The molecule has 1 atom stereocenters. The molecule has 2 aliphatic rings. The van der Waals surface area contributed by atoms with Gasteiger partial charge in [-0.2, -0.15) is 0 Å². The molecule has 3 nitrogen and oxygen atoms in total. The molecule has 0 aromatic heterocycles. The highest BCUT2D eigenvalue weighted by molar-refractivity contribution is 5.74. The molecule has 2 aliphatic heterocycles. The van der Waals surface area contributed by atoms with E-state index in [0.29, 0.717) is 6.42 Å². The monoisotopic (exact) mass is 214 g/mol. The van der Waals surface area contributed by atoms with Gasteiger partial charge in [0.15, 0.2) is 0 Å². The molecular weight excluding hydrogens is 193 g/mol. The average molecular weight is 214 g/mol. The second-order valence-electron chi connectivity index (χ2n) is 4.76. The molecule has 2 heterocycles. The molecule has 4 heteroatoms. The number of rotatable bonds is 3. The van der Waals surface area contributed by atoms with Crippen molar-refractivity contribution in [3.8, 4) is 0 Å². The van der Waals surface area contributed by atoms with Crippen molar-refractivity contribution in [1.82, 2.24) is 4.90 Å². The highest BCUT2D eigenvalue weighted by Crippen LogP contribution is 2.21. The number of guanidine groups is 1. The molecule has 0 aromatic carbocycles. The molecule has 0 spiro atoms. The summed E-state index contributed by atoms with van der Waals surface area (Å²) in [4.78, 5) is 6.94. The Bertz CT molecular complexity index is 254. The third kappa shape index (κ3) is 2.14. The van der Waals surface area contributed by atoms with Crippen molar-refractivity contribution in [1.29, 1.82) is 0 Å². The van der Waals surface area contributed by atoms with E-state index in [1.54, 1.807) is 0 Å². The van der Waals surface area contributed by atoms with Gasteiger partial charge in [0.05, 0.1) is 33.4 Å². The van der Waals surface area contributed by atoms with Crippen LogP contribution in [0.15, 0.2) is 4.99 Å². The van der Waals surface area contributed by atoms with Gasteiger partial charge < -0.3 is 4.90 Å². The molecule has 0 amide bonds. The molecule has 0 aliphatic carbocycles. The molecule has 0 saturated carbocycles. The Morgan fingerprint density at radius 3 is 3.00 bits per heavy atom. The predicted octanol–water partition coefficient (Wildman–Crippen LogP) is 1.26. The summed E-state index contributed by atoms with van der Waals surface area (Å²) in [5.74, 6) is 1.21. The largest absolute Gasteiger partial charge is 0.311 e. The van der Waals surface area contributed by atoms with E-state index in [1.807, 2.05) is 0 Å². The van der Waals surface area contributed by atoms with Crippen LogP contribution in [-0.4, -0.2) is 61.8 Å². The van der Waals surface area contributed by atoms with Gasteiger partial charge in [-0.05, 0) is 6.42 Å². The lowest BCUT2D eigenvalue weighted by atomic mass is 10.2. The van der Waals surface area contributed by atoms with Crippen LogP contribution in [0, 0.1) is 0 Å². The number of quaternary nitrogens is 1. The first kappa shape index (κ1) is 10.9. The topological polar surface area (TPSA) is 15.6 Å². The minimum absolute atomic E-state index is 0.215. The zero-order chi connectivity index (χ0) is 10.7. The minimum atomic E-state index is -0.215. The number of alkyl halides is 1. The zero-order valence-electron chi connectivity index (χ0n) is 9.58. The van der Waals surface area contributed by atoms with Crippen molar-refractivity contribution in [3.05, 3.63) is 0 Å². The molecule has 0 N–H and O–H groups in total. The molecular formula is C11H21FN3+. The Kier molecular flexibility index (Phi) is 3.24. The number of fused-ring (bicyclic) bond motifs is 1. The van der Waals surface area contributed by atoms with Crippen molar-refractivity contribution in [2.45, 2.75) is 19.3 Å². The Hall–Kier alpha value is -0.640. The molecule has 2 rings (SSSR count). The fraction of sp³-hybridized carbons (Fsp3) is 0.909. The first-order valence-electron chi connectivity index (χ1n) is 5.97. The van der Waals surface area contributed by atoms with Crippen LogP contribution in [0.4, 0.5) is 4.39 Å². The maximum atomic E-state index is 12.2. The highest BCUT2D eigenvalue weighted by Gasteiger charge is 2.38. The maximum Gasteiger partial charge on any atom is 0.300 e. The van der Waals surface area contributed by atoms with Gasteiger partial charge in [0.2, 0.25) is 0 Å². The van der Waals surface area contributed by atoms with Gasteiger partial charge in [0, 0.05) is 25.9 Å². The predicted molar refractivity (Wildman–Crippen MR) is 59.6 cm³/mol. The first-order valence-corrected chi connectivity index (χ1v) is 5.97. The molecule has 1 saturated heterocycles. The molecule has 15 heavy (non-hydrogen) atoms. The van der Waals surface area contributed by atoms with Crippen molar-refractivity contribution >= 4 is 5.96 Å². The van der Waals surface area contributed by atoms with Crippen molar-refractivity contribution in [2.75, 3.05) is 46.4 Å². The standard InChI is InChI=1S/C11H21FN3/c1-15-9-3-6-13-11(15)14(7-2-5-12)8-4-10-15/h2-10H2,1H3/q+1. The lowest BCUT2D eigenvalue weighted by molar-refractivity contribution is -0.833. The first-order chi connectivity index (χ1) is 7.26. The number of hydrogen-bond donors (Lipinski definition) is 0.